The number of thiazole rings is 1. The lowest BCUT2D eigenvalue weighted by molar-refractivity contribution is -0.120. The normalized spacial score (nSPS) is 13.1. The maximum atomic E-state index is 12.7. The van der Waals surface area contributed by atoms with Gasteiger partial charge in [0.25, 0.3) is 5.91 Å². The Labute approximate surface area is 160 Å². The Morgan fingerprint density at radius 1 is 1.26 bits per heavy atom. The van der Waals surface area contributed by atoms with E-state index in [0.29, 0.717) is 30.3 Å². The highest BCUT2D eigenvalue weighted by molar-refractivity contribution is 7.22. The molecule has 0 unspecified atom stereocenters. The molecule has 0 saturated heterocycles. The molecule has 6 nitrogen and oxygen atoms in total. The van der Waals surface area contributed by atoms with Gasteiger partial charge in [0.1, 0.15) is 5.75 Å². The first kappa shape index (κ1) is 17.5. The smallest absolute Gasteiger partial charge is 0.266 e. The van der Waals surface area contributed by atoms with Gasteiger partial charge < -0.3 is 10.1 Å². The summed E-state index contributed by atoms with van der Waals surface area (Å²) < 4.78 is 6.76. The summed E-state index contributed by atoms with van der Waals surface area (Å²) >= 11 is 1.50. The van der Waals surface area contributed by atoms with Crippen molar-refractivity contribution in [3.8, 4) is 5.75 Å². The number of nitrogens with zero attached hydrogens (tertiary/aromatic N) is 2. The molecule has 27 heavy (non-hydrogen) atoms. The second kappa shape index (κ2) is 7.36. The zero-order valence-electron chi connectivity index (χ0n) is 14.9. The molecule has 0 bridgehead atoms. The molecule has 2 heterocycles. The van der Waals surface area contributed by atoms with E-state index in [1.54, 1.807) is 11.0 Å². The van der Waals surface area contributed by atoms with Gasteiger partial charge in [0, 0.05) is 18.7 Å². The van der Waals surface area contributed by atoms with Gasteiger partial charge in [-0.05, 0) is 49.2 Å². The van der Waals surface area contributed by atoms with Gasteiger partial charge >= 0.3 is 0 Å². The fourth-order valence-corrected chi connectivity index (χ4v) is 4.11. The van der Waals surface area contributed by atoms with Crippen LogP contribution in [-0.4, -0.2) is 29.9 Å². The predicted molar refractivity (Wildman–Crippen MR) is 107 cm³/mol. The molecule has 7 heteroatoms. The van der Waals surface area contributed by atoms with E-state index in [9.17, 15) is 9.59 Å². The van der Waals surface area contributed by atoms with Crippen molar-refractivity contribution in [2.75, 3.05) is 23.4 Å². The SMILES string of the molecule is CCN(C(=O)COc1ccc2c(c1)CCC(=O)N2)c1nc2ccccc2s1. The number of aromatic nitrogens is 1. The summed E-state index contributed by atoms with van der Waals surface area (Å²) in [6.45, 7) is 2.39. The van der Waals surface area contributed by atoms with Crippen molar-refractivity contribution < 1.29 is 14.3 Å². The summed E-state index contributed by atoms with van der Waals surface area (Å²) in [7, 11) is 0. The van der Waals surface area contributed by atoms with E-state index in [1.807, 2.05) is 43.3 Å². The topological polar surface area (TPSA) is 71.5 Å². The molecule has 1 aromatic heterocycles. The van der Waals surface area contributed by atoms with Crippen LogP contribution in [0.3, 0.4) is 0 Å². The largest absolute Gasteiger partial charge is 0.484 e. The number of benzene rings is 2. The second-order valence-electron chi connectivity index (χ2n) is 6.26. The van der Waals surface area contributed by atoms with Gasteiger partial charge in [-0.15, -0.1) is 0 Å². The number of anilines is 2. The fraction of sp³-hybridized carbons (Fsp3) is 0.250. The molecule has 2 aromatic carbocycles. The number of ether oxygens (including phenoxy) is 1. The molecule has 0 fully saturated rings. The highest BCUT2D eigenvalue weighted by Crippen LogP contribution is 2.29. The van der Waals surface area contributed by atoms with E-state index in [1.165, 1.54) is 11.3 Å². The first-order valence-corrected chi connectivity index (χ1v) is 9.67. The van der Waals surface area contributed by atoms with Crippen LogP contribution in [0.4, 0.5) is 10.8 Å². The minimum absolute atomic E-state index is 0.0285. The van der Waals surface area contributed by atoms with E-state index >= 15 is 0 Å². The van der Waals surface area contributed by atoms with Crippen LogP contribution in [-0.2, 0) is 16.0 Å². The van der Waals surface area contributed by atoms with E-state index in [2.05, 4.69) is 10.3 Å². The molecular weight excluding hydrogens is 362 g/mol. The third kappa shape index (κ3) is 3.64. The van der Waals surface area contributed by atoms with Crippen LogP contribution in [0, 0.1) is 0 Å². The Hall–Kier alpha value is -2.93. The van der Waals surface area contributed by atoms with E-state index < -0.39 is 0 Å². The molecule has 1 aliphatic heterocycles. The molecule has 1 N–H and O–H groups in total. The number of amides is 2. The van der Waals surface area contributed by atoms with Crippen molar-refractivity contribution in [1.82, 2.24) is 4.98 Å². The summed E-state index contributed by atoms with van der Waals surface area (Å²) in [6.07, 6.45) is 1.15. The number of hydrogen-bond donors (Lipinski definition) is 1. The van der Waals surface area contributed by atoms with Crippen LogP contribution >= 0.6 is 11.3 Å². The molecule has 0 aliphatic carbocycles. The van der Waals surface area contributed by atoms with Gasteiger partial charge in [-0.25, -0.2) is 4.98 Å². The lowest BCUT2D eigenvalue weighted by Gasteiger charge is -2.19. The highest BCUT2D eigenvalue weighted by atomic mass is 32.1. The van der Waals surface area contributed by atoms with Crippen LogP contribution in [0.2, 0.25) is 0 Å². The number of rotatable bonds is 5. The number of carbonyl (C=O) groups is 2. The number of carbonyl (C=O) groups excluding carboxylic acids is 2. The van der Waals surface area contributed by atoms with Crippen LogP contribution in [0.1, 0.15) is 18.9 Å². The van der Waals surface area contributed by atoms with E-state index in [0.717, 1.165) is 21.5 Å². The van der Waals surface area contributed by atoms with Crippen LogP contribution in [0.5, 0.6) is 5.75 Å². The van der Waals surface area contributed by atoms with E-state index in [-0.39, 0.29) is 18.4 Å². The molecule has 0 atom stereocenters. The summed E-state index contributed by atoms with van der Waals surface area (Å²) in [5.41, 5.74) is 2.73. The number of aryl methyl sites for hydroxylation is 1. The maximum absolute atomic E-state index is 12.7. The van der Waals surface area contributed by atoms with Crippen molar-refractivity contribution in [3.63, 3.8) is 0 Å². The monoisotopic (exact) mass is 381 g/mol. The standard InChI is InChI=1S/C20H19N3O3S/c1-2-23(20-22-16-5-3-4-6-17(16)27-20)19(25)12-26-14-8-9-15-13(11-14)7-10-18(24)21-15/h3-6,8-9,11H,2,7,10,12H2,1H3,(H,21,24). The highest BCUT2D eigenvalue weighted by Gasteiger charge is 2.19. The van der Waals surface area contributed by atoms with Crippen molar-refractivity contribution in [1.29, 1.82) is 0 Å². The van der Waals surface area contributed by atoms with Crippen LogP contribution in [0.15, 0.2) is 42.5 Å². The Morgan fingerprint density at radius 3 is 2.93 bits per heavy atom. The average molecular weight is 381 g/mol. The summed E-state index contributed by atoms with van der Waals surface area (Å²) in [4.78, 5) is 30.3. The van der Waals surface area contributed by atoms with Crippen LogP contribution in [0.25, 0.3) is 10.2 Å². The van der Waals surface area contributed by atoms with E-state index in [4.69, 9.17) is 4.74 Å². The average Bonchev–Trinajstić information content (AvgIpc) is 3.10. The fourth-order valence-electron chi connectivity index (χ4n) is 3.07. The predicted octanol–water partition coefficient (Wildman–Crippen LogP) is 3.61. The number of nitrogens with one attached hydrogen (secondary N) is 1. The van der Waals surface area contributed by atoms with Crippen molar-refractivity contribution >= 4 is 44.2 Å². The second-order valence-corrected chi connectivity index (χ2v) is 7.27. The van der Waals surface area contributed by atoms with Crippen LogP contribution < -0.4 is 15.0 Å². The molecule has 2 amide bonds. The van der Waals surface area contributed by atoms with Gasteiger partial charge in [0.2, 0.25) is 5.91 Å². The Morgan fingerprint density at radius 2 is 2.11 bits per heavy atom. The molecule has 0 spiro atoms. The van der Waals surface area contributed by atoms with Crippen molar-refractivity contribution in [3.05, 3.63) is 48.0 Å². The number of likely N-dealkylation sites (N-methyl/N-ethyl adjacent to an activating group) is 1. The first-order chi connectivity index (χ1) is 13.1. The van der Waals surface area contributed by atoms with Gasteiger partial charge in [0.05, 0.1) is 10.2 Å². The van der Waals surface area contributed by atoms with Crippen molar-refractivity contribution in [2.24, 2.45) is 0 Å². The minimum atomic E-state index is -0.137. The third-order valence-corrected chi connectivity index (χ3v) is 5.52. The summed E-state index contributed by atoms with van der Waals surface area (Å²) in [5, 5.41) is 3.52. The number of para-hydroxylation sites is 1. The van der Waals surface area contributed by atoms with Gasteiger partial charge in [0.15, 0.2) is 11.7 Å². The zero-order chi connectivity index (χ0) is 18.8. The van der Waals surface area contributed by atoms with Gasteiger partial charge in [-0.3, -0.25) is 14.5 Å². The Balaban J connectivity index is 1.45. The molecule has 3 aromatic rings. The molecule has 4 rings (SSSR count). The maximum Gasteiger partial charge on any atom is 0.266 e. The Kier molecular flexibility index (Phi) is 4.77. The van der Waals surface area contributed by atoms with Gasteiger partial charge in [-0.2, -0.15) is 0 Å². The van der Waals surface area contributed by atoms with Crippen molar-refractivity contribution in [2.45, 2.75) is 19.8 Å². The lowest BCUT2D eigenvalue weighted by Crippen LogP contribution is -2.34. The quantitative estimate of drug-likeness (QED) is 0.733. The molecular formula is C20H19N3O3S. The summed E-state index contributed by atoms with van der Waals surface area (Å²) in [5.74, 6) is 0.516. The number of hydrogen-bond acceptors (Lipinski definition) is 5. The first-order valence-electron chi connectivity index (χ1n) is 8.85. The third-order valence-electron chi connectivity index (χ3n) is 4.47. The molecule has 1 aliphatic rings. The molecule has 0 radical (unpaired) electrons. The van der Waals surface area contributed by atoms with Gasteiger partial charge in [-0.1, -0.05) is 23.5 Å². The Bertz CT molecular complexity index is 982. The summed E-state index contributed by atoms with van der Waals surface area (Å²) in [6, 6.07) is 13.3. The molecule has 138 valence electrons. The molecule has 0 saturated carbocycles. The number of fused-ring (bicyclic) bond motifs is 2. The minimum Gasteiger partial charge on any atom is -0.484 e. The lowest BCUT2D eigenvalue weighted by atomic mass is 10.0. The zero-order valence-corrected chi connectivity index (χ0v) is 15.7.